The Morgan fingerprint density at radius 2 is 2.20 bits per heavy atom. The van der Waals surface area contributed by atoms with E-state index in [4.69, 9.17) is 14.1 Å². The first-order chi connectivity index (χ1) is 12.0. The van der Waals surface area contributed by atoms with Crippen molar-refractivity contribution in [3.8, 4) is 11.5 Å². The number of halogens is 2. The van der Waals surface area contributed by atoms with Crippen molar-refractivity contribution in [2.24, 2.45) is 5.16 Å². The van der Waals surface area contributed by atoms with E-state index in [1.54, 1.807) is 13.0 Å². The highest BCUT2D eigenvalue weighted by Gasteiger charge is 2.10. The molecule has 10 heteroatoms. The highest BCUT2D eigenvalue weighted by atomic mass is 19.3. The SMILES string of the molecule is COc1cc(/C=N/OCC(=O)Nc2cc(C)on2)ccc1OC(F)F. The first-order valence-corrected chi connectivity index (χ1v) is 6.99. The Bertz CT molecular complexity index is 749. The summed E-state index contributed by atoms with van der Waals surface area (Å²) in [7, 11) is 1.32. The van der Waals surface area contributed by atoms with Crippen LogP contribution in [0.5, 0.6) is 11.5 Å². The van der Waals surface area contributed by atoms with Gasteiger partial charge in [0.05, 0.1) is 13.3 Å². The molecule has 134 valence electrons. The van der Waals surface area contributed by atoms with Gasteiger partial charge in [-0.3, -0.25) is 4.79 Å². The number of hydrogen-bond donors (Lipinski definition) is 1. The number of alkyl halides is 2. The van der Waals surface area contributed by atoms with Crippen molar-refractivity contribution in [2.45, 2.75) is 13.5 Å². The van der Waals surface area contributed by atoms with E-state index in [1.807, 2.05) is 0 Å². The van der Waals surface area contributed by atoms with Gasteiger partial charge in [-0.15, -0.1) is 0 Å². The molecular formula is C15H15F2N3O5. The second kappa shape index (κ2) is 8.62. The molecular weight excluding hydrogens is 340 g/mol. The van der Waals surface area contributed by atoms with Crippen molar-refractivity contribution >= 4 is 17.9 Å². The molecule has 0 radical (unpaired) electrons. The normalized spacial score (nSPS) is 10.9. The Kier molecular flexibility index (Phi) is 6.26. The molecule has 0 saturated carbocycles. The molecule has 8 nitrogen and oxygen atoms in total. The van der Waals surface area contributed by atoms with E-state index in [9.17, 15) is 13.6 Å². The fourth-order valence-corrected chi connectivity index (χ4v) is 1.76. The summed E-state index contributed by atoms with van der Waals surface area (Å²) in [5.74, 6) is 0.377. The molecule has 25 heavy (non-hydrogen) atoms. The van der Waals surface area contributed by atoms with Crippen molar-refractivity contribution in [3.05, 3.63) is 35.6 Å². The summed E-state index contributed by atoms with van der Waals surface area (Å²) < 4.78 is 38.6. The van der Waals surface area contributed by atoms with Crippen LogP contribution in [0.3, 0.4) is 0 Å². The Morgan fingerprint density at radius 1 is 1.40 bits per heavy atom. The van der Waals surface area contributed by atoms with Gasteiger partial charge in [0, 0.05) is 11.6 Å². The van der Waals surface area contributed by atoms with Crippen LogP contribution in [0.1, 0.15) is 11.3 Å². The van der Waals surface area contributed by atoms with E-state index in [0.29, 0.717) is 11.3 Å². The minimum Gasteiger partial charge on any atom is -0.493 e. The average Bonchev–Trinajstić information content (AvgIpc) is 2.97. The first kappa shape index (κ1) is 18.2. The number of amides is 1. The minimum atomic E-state index is -2.95. The molecule has 1 amide bonds. The minimum absolute atomic E-state index is 0.0992. The Balaban J connectivity index is 1.85. The summed E-state index contributed by atoms with van der Waals surface area (Å²) in [6.07, 6.45) is 1.29. The fraction of sp³-hybridized carbons (Fsp3) is 0.267. The molecule has 0 spiro atoms. The standard InChI is InChI=1S/C15H15F2N3O5/c1-9-5-13(20-25-9)19-14(21)8-23-18-7-10-3-4-11(24-15(16)17)12(6-10)22-2/h3-7,15H,8H2,1-2H3,(H,19,20,21)/b18-7+. The van der Waals surface area contributed by atoms with Crippen LogP contribution in [0.15, 0.2) is 33.9 Å². The lowest BCUT2D eigenvalue weighted by Gasteiger charge is -2.09. The molecule has 0 bridgehead atoms. The molecule has 1 aromatic heterocycles. The van der Waals surface area contributed by atoms with Crippen LogP contribution in [0, 0.1) is 6.92 Å². The van der Waals surface area contributed by atoms with E-state index in [-0.39, 0.29) is 23.9 Å². The van der Waals surface area contributed by atoms with Crippen LogP contribution in [-0.4, -0.2) is 37.6 Å². The smallest absolute Gasteiger partial charge is 0.387 e. The monoisotopic (exact) mass is 355 g/mol. The number of anilines is 1. The number of aromatic nitrogens is 1. The summed E-state index contributed by atoms with van der Waals surface area (Å²) >= 11 is 0. The van der Waals surface area contributed by atoms with Gasteiger partial charge in [-0.25, -0.2) is 0 Å². The zero-order valence-corrected chi connectivity index (χ0v) is 13.4. The van der Waals surface area contributed by atoms with Crippen LogP contribution in [0.4, 0.5) is 14.6 Å². The molecule has 1 heterocycles. The molecule has 1 aromatic carbocycles. The van der Waals surface area contributed by atoms with Crippen molar-refractivity contribution in [1.29, 1.82) is 0 Å². The number of nitrogens with one attached hydrogen (secondary N) is 1. The van der Waals surface area contributed by atoms with E-state index in [1.165, 1.54) is 31.5 Å². The number of nitrogens with zero attached hydrogens (tertiary/aromatic N) is 2. The lowest BCUT2D eigenvalue weighted by Crippen LogP contribution is -2.17. The third-order valence-corrected chi connectivity index (χ3v) is 2.77. The second-order valence-electron chi connectivity index (χ2n) is 4.67. The maximum absolute atomic E-state index is 12.2. The summed E-state index contributed by atoms with van der Waals surface area (Å²) in [5, 5.41) is 9.67. The summed E-state index contributed by atoms with van der Waals surface area (Å²) in [6, 6.07) is 5.77. The number of hydrogen-bond acceptors (Lipinski definition) is 7. The highest BCUT2D eigenvalue weighted by molar-refractivity contribution is 5.90. The van der Waals surface area contributed by atoms with Gasteiger partial charge in [-0.2, -0.15) is 8.78 Å². The molecule has 0 saturated heterocycles. The van der Waals surface area contributed by atoms with Crippen molar-refractivity contribution < 1.29 is 32.4 Å². The average molecular weight is 355 g/mol. The molecule has 0 atom stereocenters. The maximum Gasteiger partial charge on any atom is 0.387 e. The topological polar surface area (TPSA) is 95.2 Å². The molecule has 0 aliphatic heterocycles. The second-order valence-corrected chi connectivity index (χ2v) is 4.67. The van der Waals surface area contributed by atoms with E-state index < -0.39 is 12.5 Å². The zero-order chi connectivity index (χ0) is 18.2. The fourth-order valence-electron chi connectivity index (χ4n) is 1.76. The van der Waals surface area contributed by atoms with Gasteiger partial charge in [0.25, 0.3) is 5.91 Å². The van der Waals surface area contributed by atoms with Gasteiger partial charge < -0.3 is 24.2 Å². The summed E-state index contributed by atoms with van der Waals surface area (Å²) in [4.78, 5) is 16.4. The highest BCUT2D eigenvalue weighted by Crippen LogP contribution is 2.28. The number of benzene rings is 1. The first-order valence-electron chi connectivity index (χ1n) is 6.99. The summed E-state index contributed by atoms with van der Waals surface area (Å²) in [6.45, 7) is -1.61. The largest absolute Gasteiger partial charge is 0.493 e. The molecule has 0 aliphatic carbocycles. The van der Waals surface area contributed by atoms with E-state index in [0.717, 1.165) is 0 Å². The number of rotatable bonds is 8. The van der Waals surface area contributed by atoms with Gasteiger partial charge in [-0.05, 0) is 25.1 Å². The van der Waals surface area contributed by atoms with Gasteiger partial charge in [0.15, 0.2) is 23.9 Å². The van der Waals surface area contributed by atoms with Crippen LogP contribution < -0.4 is 14.8 Å². The predicted octanol–water partition coefficient (Wildman–Crippen LogP) is 2.58. The van der Waals surface area contributed by atoms with Crippen LogP contribution >= 0.6 is 0 Å². The van der Waals surface area contributed by atoms with Crippen LogP contribution in [-0.2, 0) is 9.63 Å². The quantitative estimate of drug-likeness (QED) is 0.578. The number of oxime groups is 1. The third kappa shape index (κ3) is 5.75. The van der Waals surface area contributed by atoms with Crippen LogP contribution in [0.25, 0.3) is 0 Å². The summed E-state index contributed by atoms with van der Waals surface area (Å²) in [5.41, 5.74) is 0.506. The number of carbonyl (C=O) groups excluding carboxylic acids is 1. The van der Waals surface area contributed by atoms with Crippen molar-refractivity contribution in [1.82, 2.24) is 5.16 Å². The lowest BCUT2D eigenvalue weighted by molar-refractivity contribution is -0.120. The lowest BCUT2D eigenvalue weighted by atomic mass is 10.2. The van der Waals surface area contributed by atoms with E-state index in [2.05, 4.69) is 20.4 Å². The van der Waals surface area contributed by atoms with Crippen molar-refractivity contribution in [3.63, 3.8) is 0 Å². The molecule has 1 N–H and O–H groups in total. The number of methoxy groups -OCH3 is 1. The van der Waals surface area contributed by atoms with Crippen LogP contribution in [0.2, 0.25) is 0 Å². The van der Waals surface area contributed by atoms with E-state index >= 15 is 0 Å². The predicted molar refractivity (Wildman–Crippen MR) is 83.0 cm³/mol. The molecule has 0 fully saturated rings. The number of ether oxygens (including phenoxy) is 2. The maximum atomic E-state index is 12.2. The van der Waals surface area contributed by atoms with Gasteiger partial charge in [0.2, 0.25) is 0 Å². The Labute approximate surface area is 141 Å². The Morgan fingerprint density at radius 3 is 2.84 bits per heavy atom. The zero-order valence-electron chi connectivity index (χ0n) is 13.4. The van der Waals surface area contributed by atoms with Gasteiger partial charge >= 0.3 is 6.61 Å². The van der Waals surface area contributed by atoms with Crippen molar-refractivity contribution in [2.75, 3.05) is 19.0 Å². The Hall–Kier alpha value is -3.17. The van der Waals surface area contributed by atoms with Gasteiger partial charge in [0.1, 0.15) is 5.76 Å². The molecule has 0 unspecified atom stereocenters. The van der Waals surface area contributed by atoms with Gasteiger partial charge in [-0.1, -0.05) is 10.3 Å². The number of aryl methyl sites for hydroxylation is 1. The molecule has 0 aliphatic rings. The third-order valence-electron chi connectivity index (χ3n) is 2.77. The molecule has 2 rings (SSSR count). The molecule has 2 aromatic rings. The number of carbonyl (C=O) groups is 1.